The lowest BCUT2D eigenvalue weighted by molar-refractivity contribution is -0.0624. The number of hydrogen-bond donors (Lipinski definition) is 1. The SMILES string of the molecule is COC1(CN)COCC1(C)C. The van der Waals surface area contributed by atoms with Crippen LogP contribution in [0.4, 0.5) is 0 Å². The molecular weight excluding hydrogens is 142 g/mol. The van der Waals surface area contributed by atoms with E-state index in [1.54, 1.807) is 7.11 Å². The Morgan fingerprint density at radius 3 is 2.27 bits per heavy atom. The van der Waals surface area contributed by atoms with E-state index < -0.39 is 0 Å². The molecule has 0 aliphatic carbocycles. The highest BCUT2D eigenvalue weighted by Gasteiger charge is 2.49. The zero-order valence-corrected chi connectivity index (χ0v) is 7.52. The number of rotatable bonds is 2. The first-order chi connectivity index (χ1) is 5.08. The van der Waals surface area contributed by atoms with Crippen molar-refractivity contribution in [2.45, 2.75) is 19.4 Å². The van der Waals surface area contributed by atoms with Crippen LogP contribution in [0.15, 0.2) is 0 Å². The van der Waals surface area contributed by atoms with Crippen molar-refractivity contribution in [1.29, 1.82) is 0 Å². The van der Waals surface area contributed by atoms with Gasteiger partial charge in [0.15, 0.2) is 0 Å². The lowest BCUT2D eigenvalue weighted by Crippen LogP contribution is -2.51. The van der Waals surface area contributed by atoms with Gasteiger partial charge in [0.1, 0.15) is 5.60 Å². The van der Waals surface area contributed by atoms with Crippen molar-refractivity contribution in [3.8, 4) is 0 Å². The van der Waals surface area contributed by atoms with Crippen LogP contribution >= 0.6 is 0 Å². The Bertz CT molecular complexity index is 141. The van der Waals surface area contributed by atoms with E-state index in [0.29, 0.717) is 13.2 Å². The first-order valence-corrected chi connectivity index (χ1v) is 3.91. The van der Waals surface area contributed by atoms with Crippen LogP contribution in [0.3, 0.4) is 0 Å². The maximum atomic E-state index is 5.65. The van der Waals surface area contributed by atoms with Crippen molar-refractivity contribution in [2.24, 2.45) is 11.1 Å². The van der Waals surface area contributed by atoms with Crippen LogP contribution in [0.2, 0.25) is 0 Å². The van der Waals surface area contributed by atoms with Crippen LogP contribution in [0.25, 0.3) is 0 Å². The molecule has 1 atom stereocenters. The molecule has 1 saturated heterocycles. The van der Waals surface area contributed by atoms with Crippen LogP contribution in [-0.2, 0) is 9.47 Å². The Labute approximate surface area is 67.9 Å². The fourth-order valence-electron chi connectivity index (χ4n) is 1.55. The molecule has 3 nitrogen and oxygen atoms in total. The lowest BCUT2D eigenvalue weighted by Gasteiger charge is -2.36. The van der Waals surface area contributed by atoms with Gasteiger partial charge in [0.25, 0.3) is 0 Å². The third-order valence-electron chi connectivity index (χ3n) is 2.75. The first kappa shape index (κ1) is 8.97. The zero-order chi connectivity index (χ0) is 8.54. The van der Waals surface area contributed by atoms with E-state index in [1.807, 2.05) is 0 Å². The van der Waals surface area contributed by atoms with E-state index in [1.165, 1.54) is 0 Å². The van der Waals surface area contributed by atoms with E-state index in [9.17, 15) is 0 Å². The average molecular weight is 159 g/mol. The molecule has 66 valence electrons. The van der Waals surface area contributed by atoms with Crippen molar-refractivity contribution in [3.05, 3.63) is 0 Å². The molecular formula is C8H17NO2. The Morgan fingerprint density at radius 2 is 2.09 bits per heavy atom. The van der Waals surface area contributed by atoms with Crippen LogP contribution in [-0.4, -0.2) is 32.5 Å². The third kappa shape index (κ3) is 1.17. The molecule has 1 unspecified atom stereocenters. The molecule has 0 radical (unpaired) electrons. The largest absolute Gasteiger partial charge is 0.378 e. The maximum Gasteiger partial charge on any atom is 0.110 e. The fraction of sp³-hybridized carbons (Fsp3) is 1.00. The summed E-state index contributed by atoms with van der Waals surface area (Å²) in [5.41, 5.74) is 5.42. The molecule has 1 heterocycles. The minimum Gasteiger partial charge on any atom is -0.378 e. The number of methoxy groups -OCH3 is 1. The lowest BCUT2D eigenvalue weighted by atomic mass is 9.78. The molecule has 1 aliphatic heterocycles. The number of hydrogen-bond acceptors (Lipinski definition) is 3. The van der Waals surface area contributed by atoms with Crippen LogP contribution in [0.1, 0.15) is 13.8 Å². The highest BCUT2D eigenvalue weighted by atomic mass is 16.6. The van der Waals surface area contributed by atoms with Crippen molar-refractivity contribution < 1.29 is 9.47 Å². The van der Waals surface area contributed by atoms with Gasteiger partial charge in [0.05, 0.1) is 13.2 Å². The van der Waals surface area contributed by atoms with Gasteiger partial charge in [-0.15, -0.1) is 0 Å². The Kier molecular flexibility index (Phi) is 2.23. The quantitative estimate of drug-likeness (QED) is 0.633. The van der Waals surface area contributed by atoms with Gasteiger partial charge in [-0.2, -0.15) is 0 Å². The van der Waals surface area contributed by atoms with E-state index in [0.717, 1.165) is 6.61 Å². The van der Waals surface area contributed by atoms with E-state index >= 15 is 0 Å². The second-order valence-corrected chi connectivity index (χ2v) is 3.78. The summed E-state index contributed by atoms with van der Waals surface area (Å²) >= 11 is 0. The van der Waals surface area contributed by atoms with Gasteiger partial charge in [-0.3, -0.25) is 0 Å². The summed E-state index contributed by atoms with van der Waals surface area (Å²) in [7, 11) is 1.70. The summed E-state index contributed by atoms with van der Waals surface area (Å²) < 4.78 is 10.8. The molecule has 0 saturated carbocycles. The second kappa shape index (κ2) is 2.73. The molecule has 0 aromatic rings. The van der Waals surface area contributed by atoms with E-state index in [-0.39, 0.29) is 11.0 Å². The molecule has 2 N–H and O–H groups in total. The predicted octanol–water partition coefficient (Wildman–Crippen LogP) is 0.387. The van der Waals surface area contributed by atoms with Crippen molar-refractivity contribution in [2.75, 3.05) is 26.9 Å². The van der Waals surface area contributed by atoms with Crippen LogP contribution in [0.5, 0.6) is 0 Å². The minimum absolute atomic E-state index is 0.0382. The smallest absolute Gasteiger partial charge is 0.110 e. The minimum atomic E-state index is -0.271. The summed E-state index contributed by atoms with van der Waals surface area (Å²) in [5.74, 6) is 0. The molecule has 0 spiro atoms. The van der Waals surface area contributed by atoms with Gasteiger partial charge >= 0.3 is 0 Å². The molecule has 1 fully saturated rings. The van der Waals surface area contributed by atoms with Crippen LogP contribution in [0, 0.1) is 5.41 Å². The molecule has 3 heteroatoms. The number of ether oxygens (including phenoxy) is 2. The van der Waals surface area contributed by atoms with Gasteiger partial charge in [-0.1, -0.05) is 13.8 Å². The maximum absolute atomic E-state index is 5.65. The van der Waals surface area contributed by atoms with Gasteiger partial charge in [-0.05, 0) is 0 Å². The summed E-state index contributed by atoms with van der Waals surface area (Å²) in [6.45, 7) is 6.12. The van der Waals surface area contributed by atoms with Crippen molar-refractivity contribution in [1.82, 2.24) is 0 Å². The summed E-state index contributed by atoms with van der Waals surface area (Å²) in [5, 5.41) is 0. The molecule has 0 amide bonds. The highest BCUT2D eigenvalue weighted by molar-refractivity contribution is 4.99. The molecule has 0 aromatic heterocycles. The zero-order valence-electron chi connectivity index (χ0n) is 7.52. The summed E-state index contributed by atoms with van der Waals surface area (Å²) in [6.07, 6.45) is 0. The molecule has 1 rings (SSSR count). The Morgan fingerprint density at radius 1 is 1.45 bits per heavy atom. The monoisotopic (exact) mass is 159 g/mol. The molecule has 11 heavy (non-hydrogen) atoms. The van der Waals surface area contributed by atoms with Crippen molar-refractivity contribution >= 4 is 0 Å². The standard InChI is InChI=1S/C8H17NO2/c1-7(2)5-11-6-8(7,4-9)10-3/h4-6,9H2,1-3H3. The molecule has 0 aromatic carbocycles. The van der Waals surface area contributed by atoms with Crippen molar-refractivity contribution in [3.63, 3.8) is 0 Å². The highest BCUT2D eigenvalue weighted by Crippen LogP contribution is 2.38. The fourth-order valence-corrected chi connectivity index (χ4v) is 1.55. The first-order valence-electron chi connectivity index (χ1n) is 3.91. The Hall–Kier alpha value is -0.120. The van der Waals surface area contributed by atoms with Gasteiger partial charge in [0.2, 0.25) is 0 Å². The predicted molar refractivity (Wildman–Crippen MR) is 43.4 cm³/mol. The number of nitrogens with two attached hydrogens (primary N) is 1. The van der Waals surface area contributed by atoms with Gasteiger partial charge in [0, 0.05) is 19.1 Å². The van der Waals surface area contributed by atoms with E-state index in [2.05, 4.69) is 13.8 Å². The third-order valence-corrected chi connectivity index (χ3v) is 2.75. The average Bonchev–Trinajstić information content (AvgIpc) is 2.26. The second-order valence-electron chi connectivity index (χ2n) is 3.78. The summed E-state index contributed by atoms with van der Waals surface area (Å²) in [6, 6.07) is 0. The van der Waals surface area contributed by atoms with E-state index in [4.69, 9.17) is 15.2 Å². The topological polar surface area (TPSA) is 44.5 Å². The van der Waals surface area contributed by atoms with Gasteiger partial charge < -0.3 is 15.2 Å². The van der Waals surface area contributed by atoms with Crippen LogP contribution < -0.4 is 5.73 Å². The van der Waals surface area contributed by atoms with Gasteiger partial charge in [-0.25, -0.2) is 0 Å². The normalized spacial score (nSPS) is 36.0. The molecule has 1 aliphatic rings. The Balaban J connectivity index is 2.81. The molecule has 0 bridgehead atoms. The summed E-state index contributed by atoms with van der Waals surface area (Å²) in [4.78, 5) is 0.